The fourth-order valence-electron chi connectivity index (χ4n) is 2.13. The molecule has 0 N–H and O–H groups in total. The molecule has 0 aromatic heterocycles. The van der Waals surface area contributed by atoms with E-state index in [-0.39, 0.29) is 5.78 Å². The monoisotopic (exact) mass is 240 g/mol. The van der Waals surface area contributed by atoms with Crippen LogP contribution in [-0.4, -0.2) is 11.5 Å². The molecule has 1 heterocycles. The highest BCUT2D eigenvalue weighted by Gasteiger charge is 2.17. The molecule has 2 aromatic carbocycles. The average molecular weight is 240 g/mol. The van der Waals surface area contributed by atoms with Gasteiger partial charge in [-0.25, -0.2) is 0 Å². The van der Waals surface area contributed by atoms with E-state index < -0.39 is 0 Å². The number of fused-ring (bicyclic) bond motifs is 1. The molecular weight excluding hydrogens is 228 g/mol. The van der Waals surface area contributed by atoms with Crippen LogP contribution in [0.4, 0.5) is 0 Å². The van der Waals surface area contributed by atoms with Gasteiger partial charge >= 0.3 is 0 Å². The largest absolute Gasteiger partial charge is 0.293 e. The van der Waals surface area contributed by atoms with Gasteiger partial charge < -0.3 is 0 Å². The normalized spacial score (nSPS) is 14.5. The van der Waals surface area contributed by atoms with Crippen LogP contribution in [0.25, 0.3) is 11.1 Å². The highest BCUT2D eigenvalue weighted by molar-refractivity contribution is 7.99. The van der Waals surface area contributed by atoms with Crippen LogP contribution in [0.15, 0.2) is 48.5 Å². The molecule has 0 bridgehead atoms. The lowest BCUT2D eigenvalue weighted by atomic mass is 9.98. The van der Waals surface area contributed by atoms with E-state index >= 15 is 0 Å². The van der Waals surface area contributed by atoms with E-state index in [0.29, 0.717) is 5.75 Å². The molecular formula is C15H12OS. The van der Waals surface area contributed by atoms with Crippen LogP contribution >= 0.6 is 11.8 Å². The highest BCUT2D eigenvalue weighted by Crippen LogP contribution is 2.29. The SMILES string of the molecule is O=C1CSCc2cc(-c3ccccc3)ccc21. The van der Waals surface area contributed by atoms with Crippen molar-refractivity contribution in [2.75, 3.05) is 5.75 Å². The molecule has 1 nitrogen and oxygen atoms in total. The number of thioether (sulfide) groups is 1. The topological polar surface area (TPSA) is 17.1 Å². The Bertz CT molecular complexity index is 560. The van der Waals surface area contributed by atoms with Crippen LogP contribution < -0.4 is 0 Å². The van der Waals surface area contributed by atoms with Crippen LogP contribution in [-0.2, 0) is 5.75 Å². The van der Waals surface area contributed by atoms with Crippen LogP contribution in [0.3, 0.4) is 0 Å². The number of carbonyl (C=O) groups is 1. The van der Waals surface area contributed by atoms with E-state index in [2.05, 4.69) is 18.2 Å². The van der Waals surface area contributed by atoms with Crippen molar-refractivity contribution in [2.45, 2.75) is 5.75 Å². The third-order valence-electron chi connectivity index (χ3n) is 3.00. The first-order chi connectivity index (χ1) is 8.34. The molecule has 0 radical (unpaired) electrons. The Morgan fingerprint density at radius 3 is 2.53 bits per heavy atom. The predicted molar refractivity (Wildman–Crippen MR) is 72.4 cm³/mol. The summed E-state index contributed by atoms with van der Waals surface area (Å²) in [7, 11) is 0. The minimum absolute atomic E-state index is 0.260. The van der Waals surface area contributed by atoms with Gasteiger partial charge in [0.25, 0.3) is 0 Å². The fourth-order valence-corrected chi connectivity index (χ4v) is 3.03. The van der Waals surface area contributed by atoms with Gasteiger partial charge in [0, 0.05) is 11.3 Å². The molecule has 0 amide bonds. The Morgan fingerprint density at radius 2 is 1.71 bits per heavy atom. The van der Waals surface area contributed by atoms with Crippen molar-refractivity contribution in [1.82, 2.24) is 0 Å². The van der Waals surface area contributed by atoms with E-state index in [1.165, 1.54) is 16.7 Å². The number of benzene rings is 2. The number of hydrogen-bond acceptors (Lipinski definition) is 2. The van der Waals surface area contributed by atoms with Gasteiger partial charge in [0.15, 0.2) is 5.78 Å². The van der Waals surface area contributed by atoms with Gasteiger partial charge in [-0.05, 0) is 22.8 Å². The molecule has 3 rings (SSSR count). The van der Waals surface area contributed by atoms with Crippen molar-refractivity contribution in [3.05, 3.63) is 59.7 Å². The van der Waals surface area contributed by atoms with Gasteiger partial charge in [0.2, 0.25) is 0 Å². The van der Waals surface area contributed by atoms with Crippen molar-refractivity contribution in [3.8, 4) is 11.1 Å². The second kappa shape index (κ2) is 4.38. The minimum Gasteiger partial charge on any atom is -0.293 e. The van der Waals surface area contributed by atoms with E-state index in [9.17, 15) is 4.79 Å². The van der Waals surface area contributed by atoms with E-state index in [1.807, 2.05) is 30.3 Å². The lowest BCUT2D eigenvalue weighted by molar-refractivity contribution is 0.102. The Hall–Kier alpha value is -1.54. The van der Waals surface area contributed by atoms with Crippen LogP contribution in [0.5, 0.6) is 0 Å². The van der Waals surface area contributed by atoms with E-state index in [4.69, 9.17) is 0 Å². The second-order valence-electron chi connectivity index (χ2n) is 4.15. The van der Waals surface area contributed by atoms with Gasteiger partial charge in [-0.15, -0.1) is 11.8 Å². The molecule has 0 fully saturated rings. The Morgan fingerprint density at radius 1 is 0.882 bits per heavy atom. The molecule has 1 aliphatic heterocycles. The summed E-state index contributed by atoms with van der Waals surface area (Å²) < 4.78 is 0. The van der Waals surface area contributed by atoms with E-state index in [0.717, 1.165) is 11.3 Å². The molecule has 0 unspecified atom stereocenters. The Kier molecular flexibility index (Phi) is 2.73. The molecule has 84 valence electrons. The van der Waals surface area contributed by atoms with Gasteiger partial charge in [0.1, 0.15) is 0 Å². The fraction of sp³-hybridized carbons (Fsp3) is 0.133. The smallest absolute Gasteiger partial charge is 0.173 e. The minimum atomic E-state index is 0.260. The predicted octanol–water partition coefficient (Wildman–Crippen LogP) is 3.78. The zero-order valence-corrected chi connectivity index (χ0v) is 10.2. The van der Waals surface area contributed by atoms with Crippen LogP contribution in [0, 0.1) is 0 Å². The number of Topliss-reactive ketones (excluding diaryl/α,β-unsaturated/α-hetero) is 1. The van der Waals surface area contributed by atoms with Crippen LogP contribution in [0.1, 0.15) is 15.9 Å². The van der Waals surface area contributed by atoms with Gasteiger partial charge in [-0.3, -0.25) is 4.79 Å². The number of ketones is 1. The molecule has 0 saturated carbocycles. The maximum absolute atomic E-state index is 11.7. The zero-order chi connectivity index (χ0) is 11.7. The van der Waals surface area contributed by atoms with Crippen LogP contribution in [0.2, 0.25) is 0 Å². The molecule has 0 atom stereocenters. The van der Waals surface area contributed by atoms with Gasteiger partial charge in [0.05, 0.1) is 5.75 Å². The Labute approximate surface area is 105 Å². The lowest BCUT2D eigenvalue weighted by Crippen LogP contribution is -2.11. The first kappa shape index (κ1) is 10.6. The van der Waals surface area contributed by atoms with Gasteiger partial charge in [-0.2, -0.15) is 0 Å². The molecule has 2 heteroatoms. The first-order valence-electron chi connectivity index (χ1n) is 5.64. The summed E-state index contributed by atoms with van der Waals surface area (Å²) in [5.74, 6) is 1.83. The molecule has 0 spiro atoms. The maximum Gasteiger partial charge on any atom is 0.173 e. The van der Waals surface area contributed by atoms with Crippen molar-refractivity contribution in [3.63, 3.8) is 0 Å². The third-order valence-corrected chi connectivity index (χ3v) is 3.98. The van der Waals surface area contributed by atoms with Crippen molar-refractivity contribution in [1.29, 1.82) is 0 Å². The summed E-state index contributed by atoms with van der Waals surface area (Å²) in [6.07, 6.45) is 0. The standard InChI is InChI=1S/C15H12OS/c16-15-10-17-9-13-8-12(6-7-14(13)15)11-4-2-1-3-5-11/h1-8H,9-10H2. The molecule has 1 aliphatic rings. The Balaban J connectivity index is 2.07. The second-order valence-corrected chi connectivity index (χ2v) is 5.14. The summed E-state index contributed by atoms with van der Waals surface area (Å²) in [5.41, 5.74) is 4.48. The number of hydrogen-bond donors (Lipinski definition) is 0. The lowest BCUT2D eigenvalue weighted by Gasteiger charge is -2.15. The van der Waals surface area contributed by atoms with Crippen molar-refractivity contribution < 1.29 is 4.79 Å². The number of rotatable bonds is 1. The van der Waals surface area contributed by atoms with Crippen molar-refractivity contribution in [2.24, 2.45) is 0 Å². The zero-order valence-electron chi connectivity index (χ0n) is 9.35. The summed E-state index contributed by atoms with van der Waals surface area (Å²) in [6, 6.07) is 16.4. The quantitative estimate of drug-likeness (QED) is 0.754. The maximum atomic E-state index is 11.7. The summed E-state index contributed by atoms with van der Waals surface area (Å²) in [6.45, 7) is 0. The molecule has 0 aliphatic carbocycles. The number of carbonyl (C=O) groups excluding carboxylic acids is 1. The molecule has 2 aromatic rings. The van der Waals surface area contributed by atoms with Crippen molar-refractivity contribution >= 4 is 17.5 Å². The average Bonchev–Trinajstić information content (AvgIpc) is 2.40. The van der Waals surface area contributed by atoms with Gasteiger partial charge in [-0.1, -0.05) is 42.5 Å². The van der Waals surface area contributed by atoms with E-state index in [1.54, 1.807) is 11.8 Å². The highest BCUT2D eigenvalue weighted by atomic mass is 32.2. The molecule has 17 heavy (non-hydrogen) atoms. The molecule has 0 saturated heterocycles. The first-order valence-corrected chi connectivity index (χ1v) is 6.79. The summed E-state index contributed by atoms with van der Waals surface area (Å²) in [4.78, 5) is 11.7. The third kappa shape index (κ3) is 2.01. The summed E-state index contributed by atoms with van der Waals surface area (Å²) >= 11 is 1.70. The summed E-state index contributed by atoms with van der Waals surface area (Å²) in [5, 5.41) is 0.